The van der Waals surface area contributed by atoms with E-state index in [1.807, 2.05) is 0 Å². The maximum Gasteiger partial charge on any atom is 0.257 e. The van der Waals surface area contributed by atoms with Crippen LogP contribution in [0.1, 0.15) is 23.2 Å². The van der Waals surface area contributed by atoms with Crippen molar-refractivity contribution in [2.75, 3.05) is 32.7 Å². The number of para-hydroxylation sites is 1. The minimum atomic E-state index is -0.404. The van der Waals surface area contributed by atoms with Gasteiger partial charge in [-0.2, -0.15) is 0 Å². The molecule has 2 heterocycles. The van der Waals surface area contributed by atoms with Gasteiger partial charge in [0, 0.05) is 32.7 Å². The molecule has 2 amide bonds. The third kappa shape index (κ3) is 4.23. The van der Waals surface area contributed by atoms with Crippen LogP contribution in [0.4, 0.5) is 0 Å². The molecule has 3 rings (SSSR count). The Labute approximate surface area is 153 Å². The number of piperazine rings is 1. The van der Waals surface area contributed by atoms with Crippen molar-refractivity contribution < 1.29 is 19.4 Å². The van der Waals surface area contributed by atoms with E-state index >= 15 is 0 Å². The number of carbonyl (C=O) groups excluding carboxylic acids is 2. The Kier molecular flexibility index (Phi) is 6.64. The van der Waals surface area contributed by atoms with Crippen LogP contribution < -0.4 is 5.73 Å². The Morgan fingerprint density at radius 1 is 1.12 bits per heavy atom. The van der Waals surface area contributed by atoms with Crippen molar-refractivity contribution in [1.29, 1.82) is 0 Å². The van der Waals surface area contributed by atoms with Crippen LogP contribution in [0.3, 0.4) is 0 Å². The summed E-state index contributed by atoms with van der Waals surface area (Å²) in [7, 11) is 0. The number of ether oxygens (including phenoxy) is 1. The zero-order chi connectivity index (χ0) is 17.1. The first-order valence-corrected chi connectivity index (χ1v) is 8.31. The molecule has 0 aliphatic carbocycles. The van der Waals surface area contributed by atoms with Crippen LogP contribution in [-0.4, -0.2) is 71.7 Å². The van der Waals surface area contributed by atoms with Gasteiger partial charge in [-0.3, -0.25) is 9.59 Å². The maximum absolute atomic E-state index is 12.5. The molecule has 0 bridgehead atoms. The number of phenolic OH excluding ortho intramolecular Hbond substituents is 1. The number of halogens is 1. The van der Waals surface area contributed by atoms with Crippen LogP contribution in [0, 0.1) is 0 Å². The molecule has 2 saturated heterocycles. The first kappa shape index (κ1) is 19.5. The van der Waals surface area contributed by atoms with Crippen molar-refractivity contribution in [3.63, 3.8) is 0 Å². The number of nitrogens with zero attached hydrogens (tertiary/aromatic N) is 2. The molecule has 7 nitrogen and oxygen atoms in total. The lowest BCUT2D eigenvalue weighted by molar-refractivity contribution is -0.144. The zero-order valence-electron chi connectivity index (χ0n) is 14.0. The largest absolute Gasteiger partial charge is 0.507 e. The van der Waals surface area contributed by atoms with E-state index in [0.29, 0.717) is 44.7 Å². The fourth-order valence-electron chi connectivity index (χ4n) is 3.22. The molecule has 0 saturated carbocycles. The van der Waals surface area contributed by atoms with Gasteiger partial charge < -0.3 is 25.4 Å². The fraction of sp³-hybridized carbons (Fsp3) is 0.529. The van der Waals surface area contributed by atoms with Crippen LogP contribution in [0.25, 0.3) is 0 Å². The quantitative estimate of drug-likeness (QED) is 0.813. The van der Waals surface area contributed by atoms with E-state index in [1.165, 1.54) is 6.07 Å². The Morgan fingerprint density at radius 2 is 1.76 bits per heavy atom. The Morgan fingerprint density at radius 3 is 2.36 bits per heavy atom. The second-order valence-electron chi connectivity index (χ2n) is 6.19. The molecule has 25 heavy (non-hydrogen) atoms. The summed E-state index contributed by atoms with van der Waals surface area (Å²) in [6, 6.07) is 6.50. The zero-order valence-corrected chi connectivity index (χ0v) is 14.8. The predicted octanol–water partition coefficient (Wildman–Crippen LogP) is 0.605. The molecule has 0 radical (unpaired) electrons. The van der Waals surface area contributed by atoms with Gasteiger partial charge in [-0.05, 0) is 25.0 Å². The lowest BCUT2D eigenvalue weighted by Crippen LogP contribution is -2.53. The van der Waals surface area contributed by atoms with Gasteiger partial charge in [0.2, 0.25) is 0 Å². The Balaban J connectivity index is 0.00000225. The summed E-state index contributed by atoms with van der Waals surface area (Å²) < 4.78 is 5.66. The molecule has 2 aliphatic rings. The summed E-state index contributed by atoms with van der Waals surface area (Å²) in [6.45, 7) is 2.29. The van der Waals surface area contributed by atoms with Crippen LogP contribution >= 0.6 is 12.4 Å². The Bertz CT molecular complexity index is 620. The number of benzene rings is 1. The summed E-state index contributed by atoms with van der Waals surface area (Å²) in [5.74, 6) is -0.241. The van der Waals surface area contributed by atoms with Gasteiger partial charge in [0.15, 0.2) is 0 Å². The SMILES string of the molecule is Cl.NC[C@H]1CC[C@@H](C(=O)N2CCN(C(=O)c3ccccc3O)CC2)O1. The molecule has 0 spiro atoms. The minimum Gasteiger partial charge on any atom is -0.507 e. The van der Waals surface area contributed by atoms with Crippen molar-refractivity contribution in [1.82, 2.24) is 9.80 Å². The molecule has 8 heteroatoms. The molecule has 0 aromatic heterocycles. The van der Waals surface area contributed by atoms with Gasteiger partial charge in [0.05, 0.1) is 11.7 Å². The highest BCUT2D eigenvalue weighted by Gasteiger charge is 2.34. The lowest BCUT2D eigenvalue weighted by atomic mass is 10.1. The number of phenols is 1. The van der Waals surface area contributed by atoms with Crippen LogP contribution in [-0.2, 0) is 9.53 Å². The highest BCUT2D eigenvalue weighted by atomic mass is 35.5. The van der Waals surface area contributed by atoms with Crippen LogP contribution in [0.2, 0.25) is 0 Å². The van der Waals surface area contributed by atoms with E-state index in [2.05, 4.69) is 0 Å². The minimum absolute atomic E-state index is 0. The summed E-state index contributed by atoms with van der Waals surface area (Å²) in [4.78, 5) is 28.4. The van der Waals surface area contributed by atoms with Crippen LogP contribution in [0.5, 0.6) is 5.75 Å². The predicted molar refractivity (Wildman–Crippen MR) is 94.8 cm³/mol. The first-order chi connectivity index (χ1) is 11.6. The molecular weight excluding hydrogens is 346 g/mol. The van der Waals surface area contributed by atoms with E-state index in [4.69, 9.17) is 10.5 Å². The smallest absolute Gasteiger partial charge is 0.257 e. The van der Waals surface area contributed by atoms with Gasteiger partial charge in [-0.15, -0.1) is 12.4 Å². The highest BCUT2D eigenvalue weighted by Crippen LogP contribution is 2.22. The second-order valence-corrected chi connectivity index (χ2v) is 6.19. The van der Waals surface area contributed by atoms with Gasteiger partial charge in [-0.1, -0.05) is 12.1 Å². The normalized spacial score (nSPS) is 23.2. The van der Waals surface area contributed by atoms with Gasteiger partial charge in [-0.25, -0.2) is 0 Å². The summed E-state index contributed by atoms with van der Waals surface area (Å²) in [5, 5.41) is 9.80. The average Bonchev–Trinajstić information content (AvgIpc) is 3.10. The fourth-order valence-corrected chi connectivity index (χ4v) is 3.22. The molecule has 1 aromatic rings. The van der Waals surface area contributed by atoms with Crippen molar-refractivity contribution in [3.05, 3.63) is 29.8 Å². The monoisotopic (exact) mass is 369 g/mol. The van der Waals surface area contributed by atoms with Gasteiger partial charge in [0.1, 0.15) is 11.9 Å². The topological polar surface area (TPSA) is 96.1 Å². The van der Waals surface area contributed by atoms with Gasteiger partial charge >= 0.3 is 0 Å². The summed E-state index contributed by atoms with van der Waals surface area (Å²) >= 11 is 0. The molecule has 0 unspecified atom stereocenters. The molecule has 2 aliphatic heterocycles. The van der Waals surface area contributed by atoms with E-state index in [9.17, 15) is 14.7 Å². The van der Waals surface area contributed by atoms with E-state index in [1.54, 1.807) is 28.0 Å². The highest BCUT2D eigenvalue weighted by molar-refractivity contribution is 5.97. The number of carbonyl (C=O) groups is 2. The standard InChI is InChI=1S/C17H23N3O4.ClH/c18-11-12-5-6-15(24-12)17(23)20-9-7-19(8-10-20)16(22)13-3-1-2-4-14(13)21;/h1-4,12,15,21H,5-11,18H2;1H/t12-,15+;/m1./s1. The number of amides is 2. The molecule has 1 aromatic carbocycles. The molecule has 2 fully saturated rings. The number of hydrogen-bond donors (Lipinski definition) is 2. The number of hydrogen-bond acceptors (Lipinski definition) is 5. The van der Waals surface area contributed by atoms with Crippen LogP contribution in [0.15, 0.2) is 24.3 Å². The van der Waals surface area contributed by atoms with Crippen molar-refractivity contribution >= 4 is 24.2 Å². The third-order valence-corrected chi connectivity index (χ3v) is 4.66. The Hall–Kier alpha value is -1.83. The molecule has 2 atom stereocenters. The van der Waals surface area contributed by atoms with E-state index in [0.717, 1.165) is 6.42 Å². The number of nitrogens with two attached hydrogens (primary N) is 1. The molecular formula is C17H24ClN3O4. The number of rotatable bonds is 3. The van der Waals surface area contributed by atoms with E-state index < -0.39 is 6.10 Å². The molecule has 138 valence electrons. The first-order valence-electron chi connectivity index (χ1n) is 8.31. The average molecular weight is 370 g/mol. The molecule has 3 N–H and O–H groups in total. The van der Waals surface area contributed by atoms with Crippen molar-refractivity contribution in [3.8, 4) is 5.75 Å². The lowest BCUT2D eigenvalue weighted by Gasteiger charge is -2.36. The third-order valence-electron chi connectivity index (χ3n) is 4.66. The summed E-state index contributed by atoms with van der Waals surface area (Å²) in [6.07, 6.45) is 1.10. The summed E-state index contributed by atoms with van der Waals surface area (Å²) in [5.41, 5.74) is 5.87. The maximum atomic E-state index is 12.5. The number of aromatic hydroxyl groups is 1. The van der Waals surface area contributed by atoms with Crippen molar-refractivity contribution in [2.24, 2.45) is 5.73 Å². The second kappa shape index (κ2) is 8.51. The van der Waals surface area contributed by atoms with Crippen molar-refractivity contribution in [2.45, 2.75) is 25.0 Å². The van der Waals surface area contributed by atoms with E-state index in [-0.39, 0.29) is 36.1 Å². The van der Waals surface area contributed by atoms with Gasteiger partial charge in [0.25, 0.3) is 11.8 Å².